The van der Waals surface area contributed by atoms with Crippen molar-refractivity contribution in [2.24, 2.45) is 0 Å². The van der Waals surface area contributed by atoms with E-state index < -0.39 is 49.2 Å². The largest absolute Gasteiger partial charge is 0.387 e. The molecule has 1 fully saturated rings. The predicted molar refractivity (Wildman–Crippen MR) is 74.9 cm³/mol. The highest BCUT2D eigenvalue weighted by Gasteiger charge is 2.51. The molecular weight excluding hydrogens is 351 g/mol. The Morgan fingerprint density at radius 1 is 1.25 bits per heavy atom. The third kappa shape index (κ3) is 2.61. The van der Waals surface area contributed by atoms with Gasteiger partial charge >= 0.3 is 13.3 Å². The summed E-state index contributed by atoms with van der Waals surface area (Å²) >= 11 is 0. The van der Waals surface area contributed by atoms with Gasteiger partial charge in [-0.15, -0.1) is 0 Å². The molecule has 5 atom stereocenters. The molecule has 13 nitrogen and oxygen atoms in total. The van der Waals surface area contributed by atoms with Gasteiger partial charge in [-0.2, -0.15) is 0 Å². The van der Waals surface area contributed by atoms with Crippen LogP contribution in [0.4, 0.5) is 0 Å². The van der Waals surface area contributed by atoms with Crippen molar-refractivity contribution in [3.63, 3.8) is 0 Å². The van der Waals surface area contributed by atoms with Gasteiger partial charge in [0.25, 0.3) is 5.56 Å². The van der Waals surface area contributed by atoms with Gasteiger partial charge in [-0.1, -0.05) is 0 Å². The van der Waals surface area contributed by atoms with Gasteiger partial charge in [-0.05, 0) is 0 Å². The van der Waals surface area contributed by atoms with Crippen LogP contribution in [-0.2, 0) is 9.30 Å². The molecule has 24 heavy (non-hydrogen) atoms. The fourth-order valence-corrected chi connectivity index (χ4v) is 3.13. The predicted octanol–water partition coefficient (Wildman–Crippen LogP) is -3.47. The summed E-state index contributed by atoms with van der Waals surface area (Å²) in [4.78, 5) is 48.9. The van der Waals surface area contributed by atoms with Crippen molar-refractivity contribution < 1.29 is 34.4 Å². The molecule has 7 N–H and O–H groups in total. The molecule has 0 saturated carbocycles. The van der Waals surface area contributed by atoms with Crippen LogP contribution in [0.2, 0.25) is 0 Å². The van der Waals surface area contributed by atoms with Crippen molar-refractivity contribution in [2.75, 3.05) is 0 Å². The average Bonchev–Trinajstić information content (AvgIpc) is 3.00. The number of nitrogens with zero attached hydrogens (tertiary/aromatic N) is 2. The summed E-state index contributed by atoms with van der Waals surface area (Å²) in [6, 6.07) is 0. The van der Waals surface area contributed by atoms with Crippen molar-refractivity contribution in [3.05, 3.63) is 27.2 Å². The summed E-state index contributed by atoms with van der Waals surface area (Å²) in [6.45, 7) is 0. The van der Waals surface area contributed by atoms with Crippen molar-refractivity contribution in [3.8, 4) is 0 Å². The molecule has 3 heterocycles. The van der Waals surface area contributed by atoms with Crippen LogP contribution in [0, 0.1) is 0 Å². The van der Waals surface area contributed by atoms with Gasteiger partial charge in [0, 0.05) is 0 Å². The highest BCUT2D eigenvalue weighted by Crippen LogP contribution is 2.46. The normalized spacial score (nSPS) is 29.2. The lowest BCUT2D eigenvalue weighted by atomic mass is 10.1. The van der Waals surface area contributed by atoms with Crippen LogP contribution in [0.3, 0.4) is 0 Å². The molecule has 0 unspecified atom stereocenters. The third-order valence-electron chi connectivity index (χ3n) is 3.66. The summed E-state index contributed by atoms with van der Waals surface area (Å²) in [6.07, 6.45) is -5.76. The summed E-state index contributed by atoms with van der Waals surface area (Å²) < 4.78 is 17.3. The zero-order valence-corrected chi connectivity index (χ0v) is 12.6. The second-order valence-electron chi connectivity index (χ2n) is 5.23. The van der Waals surface area contributed by atoms with Crippen LogP contribution >= 0.6 is 7.60 Å². The Hall–Kier alpha value is -1.86. The van der Waals surface area contributed by atoms with Gasteiger partial charge in [-0.25, -0.2) is 9.78 Å². The van der Waals surface area contributed by atoms with E-state index >= 15 is 0 Å². The molecule has 132 valence electrons. The van der Waals surface area contributed by atoms with Crippen LogP contribution in [0.25, 0.3) is 11.2 Å². The van der Waals surface area contributed by atoms with E-state index in [4.69, 9.17) is 14.5 Å². The highest BCUT2D eigenvalue weighted by atomic mass is 31.2. The van der Waals surface area contributed by atoms with E-state index in [-0.39, 0.29) is 11.2 Å². The average molecular weight is 364 g/mol. The number of imidazole rings is 1. The molecular formula is C10H13N4O9P. The van der Waals surface area contributed by atoms with E-state index in [0.717, 1.165) is 10.9 Å². The molecule has 14 heteroatoms. The summed E-state index contributed by atoms with van der Waals surface area (Å²) in [5.74, 6) is -2.37. The summed E-state index contributed by atoms with van der Waals surface area (Å²) in [5, 5.41) is 29.5. The van der Waals surface area contributed by atoms with Crippen LogP contribution in [0.1, 0.15) is 6.23 Å². The first-order valence-corrected chi connectivity index (χ1v) is 8.23. The van der Waals surface area contributed by atoms with Gasteiger partial charge in [0.05, 0.1) is 6.33 Å². The summed E-state index contributed by atoms with van der Waals surface area (Å²) in [5.41, 5.74) is -1.97. The Bertz CT molecular complexity index is 928. The van der Waals surface area contributed by atoms with Crippen LogP contribution in [0.5, 0.6) is 0 Å². The number of fused-ring (bicyclic) bond motifs is 1. The van der Waals surface area contributed by atoms with E-state index in [0.29, 0.717) is 0 Å². The monoisotopic (exact) mass is 364 g/mol. The Balaban J connectivity index is 2.04. The molecule has 0 amide bonds. The van der Waals surface area contributed by atoms with E-state index in [9.17, 15) is 29.5 Å². The first-order chi connectivity index (χ1) is 11.1. The lowest BCUT2D eigenvalue weighted by Crippen LogP contribution is -2.38. The molecule has 0 spiro atoms. The number of aliphatic hydroxyl groups is 3. The van der Waals surface area contributed by atoms with Crippen molar-refractivity contribution in [1.82, 2.24) is 19.5 Å². The highest BCUT2D eigenvalue weighted by molar-refractivity contribution is 7.52. The standard InChI is InChI=1S/C10H13N4O9P/c15-3-4(16)8(23-5(3)9(18)24(20,21)22)14-1-11-2-6(14)12-10(19)13-7(2)17/h1,3-5,8-9,15-16,18H,(H2,20,21,22)(H2,12,13,17,19)/t3-,4+,5-,8+,9+/m0/s1. The van der Waals surface area contributed by atoms with E-state index in [1.165, 1.54) is 0 Å². The second kappa shape index (κ2) is 5.60. The Morgan fingerprint density at radius 2 is 1.92 bits per heavy atom. The summed E-state index contributed by atoms with van der Waals surface area (Å²) in [7, 11) is -5.02. The van der Waals surface area contributed by atoms with Gasteiger partial charge in [0.15, 0.2) is 17.6 Å². The van der Waals surface area contributed by atoms with E-state index in [1.54, 1.807) is 0 Å². The molecule has 3 rings (SSSR count). The SMILES string of the molecule is O=c1[nH]c(=O)c2ncn([C@@H]3O[C@H]([C@H](O)P(=O)(O)O)[C@@H](O)[C@H]3O)c2[nH]1. The molecule has 0 radical (unpaired) electrons. The van der Waals surface area contributed by atoms with Crippen LogP contribution in [-0.4, -0.2) is 68.8 Å². The zero-order valence-electron chi connectivity index (χ0n) is 11.7. The number of rotatable bonds is 3. The van der Waals surface area contributed by atoms with Crippen molar-refractivity contribution in [1.29, 1.82) is 0 Å². The minimum atomic E-state index is -5.02. The number of aromatic amines is 2. The number of hydrogen-bond donors (Lipinski definition) is 7. The van der Waals surface area contributed by atoms with E-state index in [1.807, 2.05) is 4.98 Å². The van der Waals surface area contributed by atoms with Crippen molar-refractivity contribution >= 4 is 18.8 Å². The first-order valence-electron chi connectivity index (χ1n) is 6.55. The lowest BCUT2D eigenvalue weighted by Gasteiger charge is -2.21. The first kappa shape index (κ1) is 17.0. The molecule has 0 bridgehead atoms. The molecule has 0 aromatic carbocycles. The van der Waals surface area contributed by atoms with Crippen LogP contribution < -0.4 is 11.2 Å². The molecule has 0 aliphatic carbocycles. The van der Waals surface area contributed by atoms with Gasteiger partial charge < -0.3 is 29.8 Å². The molecule has 1 aliphatic heterocycles. The maximum absolute atomic E-state index is 11.6. The third-order valence-corrected chi connectivity index (χ3v) is 4.64. The Kier molecular flexibility index (Phi) is 3.96. The Morgan fingerprint density at radius 3 is 2.54 bits per heavy atom. The molecule has 1 saturated heterocycles. The zero-order chi connectivity index (χ0) is 17.8. The van der Waals surface area contributed by atoms with Gasteiger partial charge in [-0.3, -0.25) is 23.9 Å². The number of aliphatic hydroxyl groups excluding tert-OH is 3. The maximum Gasteiger partial charge on any atom is 0.356 e. The minimum absolute atomic E-state index is 0.133. The Labute approximate surface area is 131 Å². The quantitative estimate of drug-likeness (QED) is 0.267. The van der Waals surface area contributed by atoms with Gasteiger partial charge in [0.2, 0.25) is 0 Å². The molecule has 2 aromatic rings. The van der Waals surface area contributed by atoms with Crippen LogP contribution in [0.15, 0.2) is 15.9 Å². The topological polar surface area (TPSA) is 211 Å². The fourth-order valence-electron chi connectivity index (χ4n) is 2.50. The minimum Gasteiger partial charge on any atom is -0.387 e. The van der Waals surface area contributed by atoms with Gasteiger partial charge in [0.1, 0.15) is 24.0 Å². The number of nitrogens with one attached hydrogen (secondary N) is 2. The second-order valence-corrected chi connectivity index (χ2v) is 6.94. The number of H-pyrrole nitrogens is 2. The number of hydrogen-bond acceptors (Lipinski definition) is 8. The molecule has 2 aromatic heterocycles. The number of aromatic nitrogens is 4. The lowest BCUT2D eigenvalue weighted by molar-refractivity contribution is -0.0664. The fraction of sp³-hybridized carbons (Fsp3) is 0.500. The van der Waals surface area contributed by atoms with Crippen molar-refractivity contribution in [2.45, 2.75) is 30.4 Å². The maximum atomic E-state index is 11.6. The van der Waals surface area contributed by atoms with E-state index in [2.05, 4.69) is 9.97 Å². The molecule has 1 aliphatic rings. The smallest absolute Gasteiger partial charge is 0.356 e. The number of ether oxygens (including phenoxy) is 1.